The van der Waals surface area contributed by atoms with E-state index in [0.29, 0.717) is 0 Å². The SMILES string of the molecule is CCC(NC(CO)CO)c1cccs1. The summed E-state index contributed by atoms with van der Waals surface area (Å²) in [6.07, 6.45) is 0.955. The fraction of sp³-hybridized carbons (Fsp3) is 0.600. The van der Waals surface area contributed by atoms with E-state index < -0.39 is 0 Å². The van der Waals surface area contributed by atoms with Crippen molar-refractivity contribution in [3.05, 3.63) is 22.4 Å². The molecular formula is C10H17NO2S. The second-order valence-electron chi connectivity index (χ2n) is 3.20. The third kappa shape index (κ3) is 3.06. The molecule has 1 atom stereocenters. The number of hydrogen-bond acceptors (Lipinski definition) is 4. The summed E-state index contributed by atoms with van der Waals surface area (Å²) in [7, 11) is 0. The normalized spacial score (nSPS) is 13.4. The molecule has 0 bridgehead atoms. The van der Waals surface area contributed by atoms with Gasteiger partial charge in [0.25, 0.3) is 0 Å². The maximum Gasteiger partial charge on any atom is 0.0607 e. The highest BCUT2D eigenvalue weighted by Gasteiger charge is 2.14. The lowest BCUT2D eigenvalue weighted by atomic mass is 10.1. The molecule has 0 radical (unpaired) electrons. The molecule has 0 aliphatic heterocycles. The smallest absolute Gasteiger partial charge is 0.0607 e. The van der Waals surface area contributed by atoms with Crippen molar-refractivity contribution >= 4 is 11.3 Å². The maximum absolute atomic E-state index is 8.95. The molecule has 0 saturated carbocycles. The van der Waals surface area contributed by atoms with E-state index in [0.717, 1.165) is 6.42 Å². The number of rotatable bonds is 6. The highest BCUT2D eigenvalue weighted by molar-refractivity contribution is 7.10. The van der Waals surface area contributed by atoms with E-state index in [1.807, 2.05) is 11.4 Å². The predicted octanol–water partition coefficient (Wildman–Crippen LogP) is 1.14. The van der Waals surface area contributed by atoms with E-state index >= 15 is 0 Å². The lowest BCUT2D eigenvalue weighted by molar-refractivity contribution is 0.161. The molecule has 4 heteroatoms. The second kappa shape index (κ2) is 6.14. The van der Waals surface area contributed by atoms with Gasteiger partial charge in [0.2, 0.25) is 0 Å². The van der Waals surface area contributed by atoms with Gasteiger partial charge < -0.3 is 15.5 Å². The highest BCUT2D eigenvalue weighted by Crippen LogP contribution is 2.21. The molecule has 1 aromatic heterocycles. The summed E-state index contributed by atoms with van der Waals surface area (Å²) in [5.41, 5.74) is 0. The van der Waals surface area contributed by atoms with Crippen LogP contribution in [0.3, 0.4) is 0 Å². The fourth-order valence-electron chi connectivity index (χ4n) is 1.34. The van der Waals surface area contributed by atoms with Crippen LogP contribution in [0.5, 0.6) is 0 Å². The monoisotopic (exact) mass is 215 g/mol. The Bertz CT molecular complexity index is 234. The minimum atomic E-state index is -0.220. The predicted molar refractivity (Wildman–Crippen MR) is 58.4 cm³/mol. The van der Waals surface area contributed by atoms with E-state index in [2.05, 4.69) is 18.3 Å². The maximum atomic E-state index is 8.95. The largest absolute Gasteiger partial charge is 0.395 e. The van der Waals surface area contributed by atoms with E-state index in [-0.39, 0.29) is 25.3 Å². The Labute approximate surface area is 88.4 Å². The Kier molecular flexibility index (Phi) is 5.11. The molecule has 80 valence electrons. The van der Waals surface area contributed by atoms with Crippen LogP contribution in [0.1, 0.15) is 24.3 Å². The first-order valence-electron chi connectivity index (χ1n) is 4.83. The van der Waals surface area contributed by atoms with Crippen molar-refractivity contribution < 1.29 is 10.2 Å². The summed E-state index contributed by atoms with van der Waals surface area (Å²) in [5.74, 6) is 0. The van der Waals surface area contributed by atoms with Crippen molar-refractivity contribution in [3.63, 3.8) is 0 Å². The molecule has 3 N–H and O–H groups in total. The van der Waals surface area contributed by atoms with Gasteiger partial charge in [-0.05, 0) is 17.9 Å². The number of thiophene rings is 1. The minimum absolute atomic E-state index is 0.0294. The Morgan fingerprint density at radius 2 is 2.14 bits per heavy atom. The molecule has 0 spiro atoms. The van der Waals surface area contributed by atoms with Gasteiger partial charge in [0, 0.05) is 10.9 Å². The molecule has 0 amide bonds. The van der Waals surface area contributed by atoms with Crippen molar-refractivity contribution in [2.24, 2.45) is 0 Å². The average molecular weight is 215 g/mol. The third-order valence-corrected chi connectivity index (χ3v) is 3.16. The van der Waals surface area contributed by atoms with Crippen LogP contribution in [0.4, 0.5) is 0 Å². The molecule has 0 aliphatic carbocycles. The van der Waals surface area contributed by atoms with Crippen LogP contribution in [-0.4, -0.2) is 29.5 Å². The van der Waals surface area contributed by atoms with Crippen LogP contribution < -0.4 is 5.32 Å². The summed E-state index contributed by atoms with van der Waals surface area (Å²) >= 11 is 1.69. The first-order chi connectivity index (χ1) is 6.81. The average Bonchev–Trinajstić information content (AvgIpc) is 2.73. The van der Waals surface area contributed by atoms with Crippen molar-refractivity contribution in [1.82, 2.24) is 5.32 Å². The molecule has 0 saturated heterocycles. The standard InChI is InChI=1S/C10H17NO2S/c1-2-9(10-4-3-5-14-10)11-8(6-12)7-13/h3-5,8-9,11-13H,2,6-7H2,1H3. The Balaban J connectivity index is 2.55. The van der Waals surface area contributed by atoms with Crippen LogP contribution in [0.25, 0.3) is 0 Å². The van der Waals surface area contributed by atoms with Gasteiger partial charge in [0.15, 0.2) is 0 Å². The summed E-state index contributed by atoms with van der Waals surface area (Å²) < 4.78 is 0. The van der Waals surface area contributed by atoms with Gasteiger partial charge in [-0.15, -0.1) is 11.3 Å². The number of nitrogens with one attached hydrogen (secondary N) is 1. The lowest BCUT2D eigenvalue weighted by Gasteiger charge is -2.21. The van der Waals surface area contributed by atoms with Crippen LogP contribution in [0.15, 0.2) is 17.5 Å². The van der Waals surface area contributed by atoms with Gasteiger partial charge in [-0.2, -0.15) is 0 Å². The van der Waals surface area contributed by atoms with E-state index in [4.69, 9.17) is 10.2 Å². The zero-order chi connectivity index (χ0) is 10.4. The Morgan fingerprint density at radius 3 is 2.57 bits per heavy atom. The Hall–Kier alpha value is -0.420. The van der Waals surface area contributed by atoms with E-state index in [1.165, 1.54) is 4.88 Å². The van der Waals surface area contributed by atoms with Gasteiger partial charge >= 0.3 is 0 Å². The minimum Gasteiger partial charge on any atom is -0.395 e. The summed E-state index contributed by atoms with van der Waals surface area (Å²) in [6.45, 7) is 2.03. The summed E-state index contributed by atoms with van der Waals surface area (Å²) in [5, 5.41) is 23.1. The van der Waals surface area contributed by atoms with E-state index in [9.17, 15) is 0 Å². The van der Waals surface area contributed by atoms with Gasteiger partial charge in [-0.25, -0.2) is 0 Å². The van der Waals surface area contributed by atoms with Crippen molar-refractivity contribution in [1.29, 1.82) is 0 Å². The van der Waals surface area contributed by atoms with Gasteiger partial charge in [-0.3, -0.25) is 0 Å². The van der Waals surface area contributed by atoms with Crippen LogP contribution >= 0.6 is 11.3 Å². The molecule has 3 nitrogen and oxygen atoms in total. The molecule has 0 fully saturated rings. The lowest BCUT2D eigenvalue weighted by Crippen LogP contribution is -2.38. The molecule has 1 rings (SSSR count). The molecule has 0 aromatic carbocycles. The van der Waals surface area contributed by atoms with Crippen LogP contribution in [0.2, 0.25) is 0 Å². The van der Waals surface area contributed by atoms with E-state index in [1.54, 1.807) is 11.3 Å². The van der Waals surface area contributed by atoms with Crippen LogP contribution in [0, 0.1) is 0 Å². The second-order valence-corrected chi connectivity index (χ2v) is 4.18. The summed E-state index contributed by atoms with van der Waals surface area (Å²) in [4.78, 5) is 1.25. The molecule has 14 heavy (non-hydrogen) atoms. The van der Waals surface area contributed by atoms with Crippen molar-refractivity contribution in [2.45, 2.75) is 25.4 Å². The fourth-order valence-corrected chi connectivity index (χ4v) is 2.21. The zero-order valence-electron chi connectivity index (χ0n) is 8.31. The van der Waals surface area contributed by atoms with Crippen molar-refractivity contribution in [2.75, 3.05) is 13.2 Å². The number of aliphatic hydroxyl groups is 2. The molecule has 1 heterocycles. The molecule has 1 unspecified atom stereocenters. The zero-order valence-corrected chi connectivity index (χ0v) is 9.13. The Morgan fingerprint density at radius 1 is 1.43 bits per heavy atom. The van der Waals surface area contributed by atoms with Crippen molar-refractivity contribution in [3.8, 4) is 0 Å². The topological polar surface area (TPSA) is 52.5 Å². The van der Waals surface area contributed by atoms with Gasteiger partial charge in [0.1, 0.15) is 0 Å². The number of hydrogen-bond donors (Lipinski definition) is 3. The first kappa shape index (κ1) is 11.7. The summed E-state index contributed by atoms with van der Waals surface area (Å²) in [6, 6.07) is 4.09. The van der Waals surface area contributed by atoms with Crippen LogP contribution in [-0.2, 0) is 0 Å². The quantitative estimate of drug-likeness (QED) is 0.667. The molecule has 0 aliphatic rings. The first-order valence-corrected chi connectivity index (χ1v) is 5.71. The molecule has 1 aromatic rings. The number of aliphatic hydroxyl groups excluding tert-OH is 2. The highest BCUT2D eigenvalue weighted by atomic mass is 32.1. The van der Waals surface area contributed by atoms with Gasteiger partial charge in [-0.1, -0.05) is 13.0 Å². The molecular weight excluding hydrogens is 198 g/mol. The van der Waals surface area contributed by atoms with Gasteiger partial charge in [0.05, 0.1) is 19.3 Å². The third-order valence-electron chi connectivity index (χ3n) is 2.17.